The second kappa shape index (κ2) is 8.83. The van der Waals surface area contributed by atoms with Crippen LogP contribution in [-0.2, 0) is 0 Å². The van der Waals surface area contributed by atoms with E-state index in [0.29, 0.717) is 0 Å². The van der Waals surface area contributed by atoms with E-state index in [2.05, 4.69) is 151 Å². The Morgan fingerprint density at radius 2 is 1.00 bits per heavy atom. The fourth-order valence-electron chi connectivity index (χ4n) is 7.70. The van der Waals surface area contributed by atoms with Crippen molar-refractivity contribution in [2.45, 2.75) is 13.1 Å². The summed E-state index contributed by atoms with van der Waals surface area (Å²) in [5.41, 5.74) is 3.64. The quantitative estimate of drug-likeness (QED) is 0.236. The molecule has 0 N–H and O–H groups in total. The normalized spacial score (nSPS) is 18.1. The van der Waals surface area contributed by atoms with Gasteiger partial charge in [0, 0.05) is 28.3 Å². The molecule has 9 rings (SSSR count). The molecular weight excluding hydrogens is 559 g/mol. The van der Waals surface area contributed by atoms with Crippen LogP contribution in [0.1, 0.15) is 0 Å². The first-order valence-corrected chi connectivity index (χ1v) is 19.9. The lowest BCUT2D eigenvalue weighted by Crippen LogP contribution is -2.77. The molecule has 3 aliphatic heterocycles. The molecule has 0 saturated heterocycles. The topological polar surface area (TPSA) is 21.7 Å². The first kappa shape index (κ1) is 24.7. The molecule has 0 aromatic heterocycles. The number of anilines is 3. The number of nitrogens with zero attached hydrogens (tertiary/aromatic N) is 1. The van der Waals surface area contributed by atoms with Crippen LogP contribution in [0, 0.1) is 0 Å². The number of hydrogen-bond donors (Lipinski definition) is 0. The molecule has 1 atom stereocenters. The van der Waals surface area contributed by atoms with E-state index in [1.165, 1.54) is 42.5 Å². The SMILES string of the molecule is C[Si]1(C)c2ccccc2N(c2ccc3c(c2)Oc2cccc4c2[Si]3(c2ccccc2)c2ccccc2O4)c2ccccc21. The van der Waals surface area contributed by atoms with Gasteiger partial charge < -0.3 is 14.4 Å². The molecule has 1 unspecified atom stereocenters. The molecule has 6 aromatic carbocycles. The zero-order valence-corrected chi connectivity index (χ0v) is 26.0. The van der Waals surface area contributed by atoms with E-state index in [4.69, 9.17) is 9.47 Å². The minimum atomic E-state index is -2.75. The van der Waals surface area contributed by atoms with Gasteiger partial charge in [-0.3, -0.25) is 0 Å². The number of fused-ring (bicyclic) bond motifs is 6. The van der Waals surface area contributed by atoms with Crippen molar-refractivity contribution in [1.82, 2.24) is 0 Å². The largest absolute Gasteiger partial charge is 0.457 e. The maximum atomic E-state index is 6.87. The second-order valence-corrected chi connectivity index (χ2v) is 20.1. The highest BCUT2D eigenvalue weighted by Gasteiger charge is 2.53. The molecule has 5 heteroatoms. The molecule has 0 fully saturated rings. The lowest BCUT2D eigenvalue weighted by atomic mass is 10.1. The molecule has 0 spiro atoms. The Morgan fingerprint density at radius 1 is 0.465 bits per heavy atom. The Bertz CT molecular complexity index is 2040. The Balaban J connectivity index is 1.33. The van der Waals surface area contributed by atoms with Gasteiger partial charge in [0.2, 0.25) is 0 Å². The van der Waals surface area contributed by atoms with E-state index < -0.39 is 16.1 Å². The predicted molar refractivity (Wildman–Crippen MR) is 182 cm³/mol. The van der Waals surface area contributed by atoms with Crippen LogP contribution in [0.3, 0.4) is 0 Å². The second-order valence-electron chi connectivity index (χ2n) is 12.1. The molecule has 3 heterocycles. The molecule has 0 amide bonds. The van der Waals surface area contributed by atoms with Crippen molar-refractivity contribution in [3.63, 3.8) is 0 Å². The highest BCUT2D eigenvalue weighted by molar-refractivity contribution is 7.21. The summed E-state index contributed by atoms with van der Waals surface area (Å²) in [5, 5.41) is 7.96. The lowest BCUT2D eigenvalue weighted by Gasteiger charge is -2.44. The molecular formula is C38H29NO2Si2. The Hall–Kier alpha value is -4.85. The maximum Gasteiger partial charge on any atom is 0.197 e. The van der Waals surface area contributed by atoms with Crippen molar-refractivity contribution in [2.24, 2.45) is 0 Å². The van der Waals surface area contributed by atoms with Gasteiger partial charge in [-0.1, -0.05) is 110 Å². The Labute approximate surface area is 253 Å². The molecule has 3 nitrogen and oxygen atoms in total. The zero-order chi connectivity index (χ0) is 28.8. The lowest BCUT2D eigenvalue weighted by molar-refractivity contribution is 0.464. The van der Waals surface area contributed by atoms with Crippen LogP contribution in [0.4, 0.5) is 17.1 Å². The summed E-state index contributed by atoms with van der Waals surface area (Å²) >= 11 is 0. The van der Waals surface area contributed by atoms with Crippen LogP contribution in [0.5, 0.6) is 23.0 Å². The van der Waals surface area contributed by atoms with Crippen molar-refractivity contribution in [2.75, 3.05) is 4.90 Å². The van der Waals surface area contributed by atoms with Gasteiger partial charge in [-0.25, -0.2) is 0 Å². The standard InChI is InChI=1S/C38H29NO2Si2/c1-42(2)34-20-9-6-15-28(34)39(29-16-7-10-21-35(29)42)26-23-24-37-33(25-26)41-32-19-12-18-31-38(32)43(37,27-13-4-3-5-14-27)36-22-11-8-17-30(36)40-31/h3-25H,1-2H3. The third-order valence-electron chi connectivity index (χ3n) is 9.56. The van der Waals surface area contributed by atoms with Crippen molar-refractivity contribution < 1.29 is 9.47 Å². The van der Waals surface area contributed by atoms with Gasteiger partial charge >= 0.3 is 0 Å². The highest BCUT2D eigenvalue weighted by Crippen LogP contribution is 2.43. The summed E-state index contributed by atoms with van der Waals surface area (Å²) in [6.07, 6.45) is 0. The zero-order valence-electron chi connectivity index (χ0n) is 24.0. The van der Waals surface area contributed by atoms with E-state index in [1.54, 1.807) is 0 Å². The fourth-order valence-corrected chi connectivity index (χ4v) is 15.8. The minimum absolute atomic E-state index is 0.889. The van der Waals surface area contributed by atoms with Crippen molar-refractivity contribution >= 4 is 64.3 Å². The van der Waals surface area contributed by atoms with Crippen LogP contribution in [0.2, 0.25) is 13.1 Å². The van der Waals surface area contributed by atoms with E-state index >= 15 is 0 Å². The molecule has 206 valence electrons. The molecule has 43 heavy (non-hydrogen) atoms. The summed E-state index contributed by atoms with van der Waals surface area (Å²) in [6, 6.07) is 50.7. The summed E-state index contributed by atoms with van der Waals surface area (Å²) in [4.78, 5) is 2.44. The average Bonchev–Trinajstić information content (AvgIpc) is 3.05. The number of hydrogen-bond acceptors (Lipinski definition) is 3. The van der Waals surface area contributed by atoms with Crippen molar-refractivity contribution in [3.05, 3.63) is 140 Å². The molecule has 0 radical (unpaired) electrons. The van der Waals surface area contributed by atoms with Crippen molar-refractivity contribution in [3.8, 4) is 23.0 Å². The molecule has 6 aromatic rings. The van der Waals surface area contributed by atoms with Gasteiger partial charge in [0.25, 0.3) is 0 Å². The number of rotatable bonds is 2. The first-order valence-electron chi connectivity index (χ1n) is 14.9. The highest BCUT2D eigenvalue weighted by atomic mass is 28.3. The van der Waals surface area contributed by atoms with Gasteiger partial charge in [-0.05, 0) is 62.3 Å². The summed E-state index contributed by atoms with van der Waals surface area (Å²) in [7, 11) is -4.63. The number of para-hydroxylation sites is 3. The van der Waals surface area contributed by atoms with Crippen LogP contribution in [-0.4, -0.2) is 16.1 Å². The van der Waals surface area contributed by atoms with Gasteiger partial charge in [0.05, 0.1) is 0 Å². The third kappa shape index (κ3) is 3.23. The monoisotopic (exact) mass is 587 g/mol. The average molecular weight is 588 g/mol. The number of ether oxygens (including phenoxy) is 2. The molecule has 3 aliphatic rings. The van der Waals surface area contributed by atoms with E-state index in [9.17, 15) is 0 Å². The van der Waals surface area contributed by atoms with Crippen LogP contribution in [0.15, 0.2) is 140 Å². The van der Waals surface area contributed by atoms with Crippen molar-refractivity contribution in [1.29, 1.82) is 0 Å². The van der Waals surface area contributed by atoms with E-state index in [0.717, 1.165) is 28.7 Å². The fraction of sp³-hybridized carbons (Fsp3) is 0.0526. The predicted octanol–water partition coefficient (Wildman–Crippen LogP) is 5.88. The molecule has 0 bridgehead atoms. The van der Waals surface area contributed by atoms with Gasteiger partial charge in [0.1, 0.15) is 31.1 Å². The van der Waals surface area contributed by atoms with Gasteiger partial charge in [-0.2, -0.15) is 0 Å². The summed E-state index contributed by atoms with van der Waals surface area (Å²) in [5.74, 6) is 3.64. The van der Waals surface area contributed by atoms with Gasteiger partial charge in [-0.15, -0.1) is 0 Å². The Morgan fingerprint density at radius 3 is 1.70 bits per heavy atom. The third-order valence-corrected chi connectivity index (χ3v) is 18.0. The van der Waals surface area contributed by atoms with Crippen LogP contribution >= 0.6 is 0 Å². The Kier molecular flexibility index (Phi) is 5.08. The first-order chi connectivity index (χ1) is 21.1. The molecule has 0 saturated carbocycles. The van der Waals surface area contributed by atoms with Crippen LogP contribution in [0.25, 0.3) is 0 Å². The number of benzene rings is 6. The van der Waals surface area contributed by atoms with E-state index in [1.807, 2.05) is 6.07 Å². The van der Waals surface area contributed by atoms with Crippen LogP contribution < -0.4 is 45.5 Å². The maximum absolute atomic E-state index is 6.87. The minimum Gasteiger partial charge on any atom is -0.457 e. The van der Waals surface area contributed by atoms with E-state index in [-0.39, 0.29) is 0 Å². The summed E-state index contributed by atoms with van der Waals surface area (Å²) < 4.78 is 13.4. The molecule has 0 aliphatic carbocycles. The summed E-state index contributed by atoms with van der Waals surface area (Å²) in [6.45, 7) is 4.93. The van der Waals surface area contributed by atoms with Gasteiger partial charge in [0.15, 0.2) is 8.07 Å². The smallest absolute Gasteiger partial charge is 0.197 e.